The number of nitrogens with zero attached hydrogens (tertiary/aromatic N) is 1. The van der Waals surface area contributed by atoms with Gasteiger partial charge in [-0.15, -0.1) is 0 Å². The Hall–Kier alpha value is -0.100. The Balaban J connectivity index is 4.18. The highest BCUT2D eigenvalue weighted by Crippen LogP contribution is 1.97. The van der Waals surface area contributed by atoms with E-state index in [-0.39, 0.29) is 11.7 Å². The second kappa shape index (κ2) is 6.40. The second-order valence-corrected chi connectivity index (χ2v) is 6.02. The van der Waals surface area contributed by atoms with E-state index < -0.39 is 9.84 Å². The monoisotopic (exact) mass is 285 g/mol. The lowest BCUT2D eigenvalue weighted by Crippen LogP contribution is -2.36. The van der Waals surface area contributed by atoms with Gasteiger partial charge in [-0.05, 0) is 13.3 Å². The van der Waals surface area contributed by atoms with Gasteiger partial charge in [-0.3, -0.25) is 4.79 Å². The van der Waals surface area contributed by atoms with Crippen molar-refractivity contribution in [1.29, 1.82) is 0 Å². The predicted octanol–water partition coefficient (Wildman–Crippen LogP) is 0.665. The Bertz CT molecular complexity index is 276. The zero-order valence-electron chi connectivity index (χ0n) is 8.49. The number of carbonyl (C=O) groups is 1. The molecule has 6 heteroatoms. The maximum Gasteiger partial charge on any atom is 0.237 e. The van der Waals surface area contributed by atoms with Crippen LogP contribution in [0, 0.1) is 0 Å². The van der Waals surface area contributed by atoms with Gasteiger partial charge in [0.15, 0.2) is 9.84 Å². The van der Waals surface area contributed by atoms with Gasteiger partial charge in [0, 0.05) is 24.7 Å². The first-order valence-electron chi connectivity index (χ1n) is 4.42. The fourth-order valence-electron chi connectivity index (χ4n) is 1.03. The van der Waals surface area contributed by atoms with Gasteiger partial charge in [0.05, 0.1) is 0 Å². The Morgan fingerprint density at radius 1 is 1.43 bits per heavy atom. The zero-order chi connectivity index (χ0) is 11.2. The third-order valence-corrected chi connectivity index (χ3v) is 3.01. The average molecular weight is 286 g/mol. The molecule has 0 saturated heterocycles. The summed E-state index contributed by atoms with van der Waals surface area (Å²) in [6, 6.07) is 0. The molecule has 0 fully saturated rings. The molecule has 0 unspecified atom stereocenters. The molecule has 0 spiro atoms. The van der Waals surface area contributed by atoms with Gasteiger partial charge in [-0.1, -0.05) is 15.9 Å². The van der Waals surface area contributed by atoms with E-state index in [9.17, 15) is 13.2 Å². The van der Waals surface area contributed by atoms with Crippen LogP contribution in [-0.4, -0.2) is 49.7 Å². The highest BCUT2D eigenvalue weighted by Gasteiger charge is 2.16. The third kappa shape index (κ3) is 6.37. The van der Waals surface area contributed by atoms with Crippen LogP contribution in [0.2, 0.25) is 0 Å². The maximum absolute atomic E-state index is 11.4. The molecule has 84 valence electrons. The Kier molecular flexibility index (Phi) is 6.35. The van der Waals surface area contributed by atoms with Gasteiger partial charge in [-0.2, -0.15) is 0 Å². The summed E-state index contributed by atoms with van der Waals surface area (Å²) < 4.78 is 21.8. The molecule has 0 N–H and O–H groups in total. The summed E-state index contributed by atoms with van der Waals surface area (Å²) in [4.78, 5) is 13.0. The molecule has 0 aromatic heterocycles. The van der Waals surface area contributed by atoms with Gasteiger partial charge in [0.25, 0.3) is 0 Å². The summed E-state index contributed by atoms with van der Waals surface area (Å²) in [5.74, 6) is -0.695. The summed E-state index contributed by atoms with van der Waals surface area (Å²) in [6.45, 7) is 3.01. The van der Waals surface area contributed by atoms with E-state index >= 15 is 0 Å². The molecule has 14 heavy (non-hydrogen) atoms. The summed E-state index contributed by atoms with van der Waals surface area (Å²) >= 11 is 3.26. The van der Waals surface area contributed by atoms with Gasteiger partial charge >= 0.3 is 0 Å². The molecule has 0 rings (SSSR count). The number of hydrogen-bond acceptors (Lipinski definition) is 3. The highest BCUT2D eigenvalue weighted by molar-refractivity contribution is 9.09. The third-order valence-electron chi connectivity index (χ3n) is 1.68. The molecule has 0 atom stereocenters. The molecule has 0 bridgehead atoms. The van der Waals surface area contributed by atoms with Crippen LogP contribution in [0.25, 0.3) is 0 Å². The van der Waals surface area contributed by atoms with Crippen molar-refractivity contribution in [2.24, 2.45) is 0 Å². The predicted molar refractivity (Wildman–Crippen MR) is 60.4 cm³/mol. The van der Waals surface area contributed by atoms with Crippen molar-refractivity contribution in [2.45, 2.75) is 13.3 Å². The maximum atomic E-state index is 11.4. The van der Waals surface area contributed by atoms with E-state index in [0.717, 1.165) is 18.0 Å². The van der Waals surface area contributed by atoms with Crippen molar-refractivity contribution in [2.75, 3.05) is 30.4 Å². The van der Waals surface area contributed by atoms with Crippen molar-refractivity contribution in [3.8, 4) is 0 Å². The van der Waals surface area contributed by atoms with Gasteiger partial charge in [0.1, 0.15) is 5.75 Å². The lowest BCUT2D eigenvalue weighted by atomic mass is 10.4. The Labute approximate surface area is 93.7 Å². The molecule has 0 heterocycles. The molecule has 4 nitrogen and oxygen atoms in total. The summed E-state index contributed by atoms with van der Waals surface area (Å²) in [7, 11) is -3.21. The van der Waals surface area contributed by atoms with Crippen molar-refractivity contribution in [3.63, 3.8) is 0 Å². The second-order valence-electron chi connectivity index (χ2n) is 3.09. The van der Waals surface area contributed by atoms with Gasteiger partial charge < -0.3 is 4.90 Å². The van der Waals surface area contributed by atoms with Crippen LogP contribution in [0.3, 0.4) is 0 Å². The number of sulfone groups is 1. The smallest absolute Gasteiger partial charge is 0.237 e. The van der Waals surface area contributed by atoms with Crippen LogP contribution in [0.5, 0.6) is 0 Å². The summed E-state index contributed by atoms with van der Waals surface area (Å²) in [5.41, 5.74) is 0. The van der Waals surface area contributed by atoms with E-state index in [1.807, 2.05) is 6.92 Å². The number of carbonyl (C=O) groups excluding carboxylic acids is 1. The fourth-order valence-corrected chi connectivity index (χ4v) is 1.91. The van der Waals surface area contributed by atoms with E-state index in [1.165, 1.54) is 0 Å². The number of rotatable bonds is 6. The number of amides is 1. The number of halogens is 1. The standard InChI is InChI=1S/C8H16BrNO3S/c1-3-10(6-4-5-9)8(11)7-14(2,12)13/h3-7H2,1-2H3. The minimum atomic E-state index is -3.21. The lowest BCUT2D eigenvalue weighted by molar-refractivity contribution is -0.128. The first-order chi connectivity index (χ1) is 6.40. The van der Waals surface area contributed by atoms with Gasteiger partial charge in [-0.25, -0.2) is 8.42 Å². The molecule has 0 aliphatic heterocycles. The SMILES string of the molecule is CCN(CCCBr)C(=O)CS(C)(=O)=O. The molecule has 1 amide bonds. The zero-order valence-corrected chi connectivity index (χ0v) is 10.9. The topological polar surface area (TPSA) is 54.5 Å². The molecular weight excluding hydrogens is 270 g/mol. The summed E-state index contributed by atoms with van der Waals surface area (Å²) in [5, 5.41) is 0.815. The van der Waals surface area contributed by atoms with E-state index in [1.54, 1.807) is 4.90 Å². The van der Waals surface area contributed by atoms with E-state index in [4.69, 9.17) is 0 Å². The normalized spacial score (nSPS) is 11.4. The molecular formula is C8H16BrNO3S. The molecule has 0 aliphatic carbocycles. The van der Waals surface area contributed by atoms with Crippen molar-refractivity contribution in [3.05, 3.63) is 0 Å². The van der Waals surface area contributed by atoms with Crippen LogP contribution in [0.15, 0.2) is 0 Å². The Morgan fingerprint density at radius 2 is 2.00 bits per heavy atom. The number of hydrogen-bond donors (Lipinski definition) is 0. The fraction of sp³-hybridized carbons (Fsp3) is 0.875. The van der Waals surface area contributed by atoms with Crippen LogP contribution in [-0.2, 0) is 14.6 Å². The van der Waals surface area contributed by atoms with Crippen LogP contribution < -0.4 is 0 Å². The first kappa shape index (κ1) is 13.9. The van der Waals surface area contributed by atoms with E-state index in [0.29, 0.717) is 13.1 Å². The van der Waals surface area contributed by atoms with Crippen molar-refractivity contribution >= 4 is 31.7 Å². The number of alkyl halides is 1. The average Bonchev–Trinajstić information content (AvgIpc) is 2.02. The van der Waals surface area contributed by atoms with Crippen LogP contribution in [0.1, 0.15) is 13.3 Å². The molecule has 0 aromatic carbocycles. The minimum absolute atomic E-state index is 0.309. The minimum Gasteiger partial charge on any atom is -0.342 e. The van der Waals surface area contributed by atoms with Crippen molar-refractivity contribution in [1.82, 2.24) is 4.90 Å². The molecule has 0 saturated carbocycles. The first-order valence-corrected chi connectivity index (χ1v) is 7.60. The Morgan fingerprint density at radius 3 is 2.36 bits per heavy atom. The quantitative estimate of drug-likeness (QED) is 0.674. The summed E-state index contributed by atoms with van der Waals surface area (Å²) in [6.07, 6.45) is 1.91. The van der Waals surface area contributed by atoms with Gasteiger partial charge in [0.2, 0.25) is 5.91 Å². The van der Waals surface area contributed by atoms with Crippen LogP contribution in [0.4, 0.5) is 0 Å². The molecule has 0 aromatic rings. The molecule has 0 radical (unpaired) electrons. The van der Waals surface area contributed by atoms with Crippen LogP contribution >= 0.6 is 15.9 Å². The van der Waals surface area contributed by atoms with Crippen molar-refractivity contribution < 1.29 is 13.2 Å². The molecule has 0 aliphatic rings. The van der Waals surface area contributed by atoms with E-state index in [2.05, 4.69) is 15.9 Å². The largest absolute Gasteiger partial charge is 0.342 e. The highest BCUT2D eigenvalue weighted by atomic mass is 79.9. The lowest BCUT2D eigenvalue weighted by Gasteiger charge is -2.19.